The van der Waals surface area contributed by atoms with Crippen molar-refractivity contribution in [1.29, 1.82) is 0 Å². The molecule has 0 heterocycles. The van der Waals surface area contributed by atoms with Crippen molar-refractivity contribution >= 4 is 37.8 Å². The molecule has 0 amide bonds. The summed E-state index contributed by atoms with van der Waals surface area (Å²) < 4.78 is 18.7. The lowest BCUT2D eigenvalue weighted by molar-refractivity contribution is -0.142. The average molecular weight is 370 g/mol. The molecule has 1 rings (SSSR count). The molecule has 0 saturated heterocycles. The van der Waals surface area contributed by atoms with E-state index >= 15 is 0 Å². The van der Waals surface area contributed by atoms with Crippen LogP contribution >= 0.6 is 31.9 Å². The van der Waals surface area contributed by atoms with Gasteiger partial charge in [0.1, 0.15) is 5.82 Å². The molecule has 1 atom stereocenters. The highest BCUT2D eigenvalue weighted by Crippen LogP contribution is 2.33. The lowest BCUT2D eigenvalue weighted by atomic mass is 10.0. The highest BCUT2D eigenvalue weighted by molar-refractivity contribution is 9.11. The number of hydrogen-bond donors (Lipinski definition) is 0. The average Bonchev–Trinajstić information content (AvgIpc) is 2.29. The maximum absolute atomic E-state index is 13.0. The number of carbonyl (C=O) groups is 1. The number of esters is 1. The number of carbonyl (C=O) groups excluding carboxylic acids is 1. The summed E-state index contributed by atoms with van der Waals surface area (Å²) in [5.74, 6) is -1.17. The van der Waals surface area contributed by atoms with Crippen molar-refractivity contribution in [2.45, 2.75) is 26.7 Å². The fourth-order valence-electron chi connectivity index (χ4n) is 1.26. The summed E-state index contributed by atoms with van der Waals surface area (Å²) in [5, 5.41) is 0. The largest absolute Gasteiger partial charge is 0.469 e. The Kier molecular flexibility index (Phi) is 7.63. The van der Waals surface area contributed by atoms with Crippen molar-refractivity contribution in [3.8, 4) is 0 Å². The zero-order valence-electron chi connectivity index (χ0n) is 10.2. The summed E-state index contributed by atoms with van der Waals surface area (Å²) in [6.07, 6.45) is 0. The topological polar surface area (TPSA) is 26.3 Å². The number of rotatable bonds is 2. The van der Waals surface area contributed by atoms with Gasteiger partial charge in [0.2, 0.25) is 0 Å². The molecule has 96 valence electrons. The van der Waals surface area contributed by atoms with Gasteiger partial charge >= 0.3 is 5.97 Å². The van der Waals surface area contributed by atoms with Gasteiger partial charge in [-0.05, 0) is 24.6 Å². The van der Waals surface area contributed by atoms with Crippen LogP contribution in [0, 0.1) is 5.82 Å². The minimum atomic E-state index is -0.445. The lowest BCUT2D eigenvalue weighted by Crippen LogP contribution is -2.12. The third-order valence-electron chi connectivity index (χ3n) is 2.03. The van der Waals surface area contributed by atoms with Crippen LogP contribution in [0.3, 0.4) is 0 Å². The Morgan fingerprint density at radius 1 is 1.29 bits per heavy atom. The summed E-state index contributed by atoms with van der Waals surface area (Å²) in [5.41, 5.74) is 0.684. The van der Waals surface area contributed by atoms with Crippen LogP contribution in [0.1, 0.15) is 32.3 Å². The Morgan fingerprint density at radius 3 is 2.06 bits per heavy atom. The minimum Gasteiger partial charge on any atom is -0.469 e. The zero-order chi connectivity index (χ0) is 13.6. The first-order valence-corrected chi connectivity index (χ1v) is 6.78. The third kappa shape index (κ3) is 4.39. The van der Waals surface area contributed by atoms with Crippen LogP contribution < -0.4 is 0 Å². The fourth-order valence-corrected chi connectivity index (χ4v) is 3.08. The van der Waals surface area contributed by atoms with Crippen molar-refractivity contribution in [3.05, 3.63) is 32.5 Å². The predicted molar refractivity (Wildman–Crippen MR) is 73.6 cm³/mol. The first kappa shape index (κ1) is 16.6. The van der Waals surface area contributed by atoms with E-state index in [4.69, 9.17) is 0 Å². The van der Waals surface area contributed by atoms with Crippen molar-refractivity contribution < 1.29 is 13.9 Å². The van der Waals surface area contributed by atoms with Crippen LogP contribution in [0.2, 0.25) is 0 Å². The van der Waals surface area contributed by atoms with Gasteiger partial charge in [-0.1, -0.05) is 45.7 Å². The van der Waals surface area contributed by atoms with Gasteiger partial charge < -0.3 is 4.74 Å². The van der Waals surface area contributed by atoms with Crippen molar-refractivity contribution in [1.82, 2.24) is 0 Å². The van der Waals surface area contributed by atoms with Crippen molar-refractivity contribution in [3.63, 3.8) is 0 Å². The first-order chi connectivity index (χ1) is 7.97. The van der Waals surface area contributed by atoms with E-state index in [1.807, 2.05) is 13.8 Å². The van der Waals surface area contributed by atoms with Crippen molar-refractivity contribution in [2.75, 3.05) is 7.11 Å². The van der Waals surface area contributed by atoms with Gasteiger partial charge in [0.25, 0.3) is 0 Å². The van der Waals surface area contributed by atoms with E-state index in [0.29, 0.717) is 14.5 Å². The van der Waals surface area contributed by atoms with Crippen LogP contribution in [-0.2, 0) is 9.53 Å². The molecule has 0 fully saturated rings. The molecule has 17 heavy (non-hydrogen) atoms. The number of methoxy groups -OCH3 is 1. The van der Waals surface area contributed by atoms with E-state index in [1.54, 1.807) is 6.92 Å². The molecule has 0 saturated carbocycles. The van der Waals surface area contributed by atoms with Gasteiger partial charge in [-0.15, -0.1) is 0 Å². The second-order valence-corrected chi connectivity index (χ2v) is 4.74. The smallest absolute Gasteiger partial charge is 0.312 e. The maximum atomic E-state index is 13.0. The number of benzene rings is 1. The van der Waals surface area contributed by atoms with E-state index in [1.165, 1.54) is 19.2 Å². The van der Waals surface area contributed by atoms with Gasteiger partial charge in [0.15, 0.2) is 0 Å². The Balaban J connectivity index is 0.00000121. The molecule has 0 spiro atoms. The van der Waals surface area contributed by atoms with Gasteiger partial charge in [-0.2, -0.15) is 0 Å². The molecule has 1 aromatic rings. The highest BCUT2D eigenvalue weighted by atomic mass is 79.9. The number of ether oxygens (including phenoxy) is 1. The Morgan fingerprint density at radius 2 is 1.71 bits per heavy atom. The van der Waals surface area contributed by atoms with Crippen LogP contribution in [0.15, 0.2) is 21.1 Å². The summed E-state index contributed by atoms with van der Waals surface area (Å²) in [6.45, 7) is 5.70. The molecule has 0 aliphatic carbocycles. The summed E-state index contributed by atoms with van der Waals surface area (Å²) in [4.78, 5) is 11.3. The summed E-state index contributed by atoms with van der Waals surface area (Å²) >= 11 is 6.44. The van der Waals surface area contributed by atoms with E-state index in [-0.39, 0.29) is 11.8 Å². The minimum absolute atomic E-state index is 0.358. The van der Waals surface area contributed by atoms with Crippen molar-refractivity contribution in [2.24, 2.45) is 0 Å². The molecule has 0 radical (unpaired) electrons. The Hall–Kier alpha value is -0.420. The van der Waals surface area contributed by atoms with E-state index in [2.05, 4.69) is 36.6 Å². The first-order valence-electron chi connectivity index (χ1n) is 5.19. The number of halogens is 3. The molecular weight excluding hydrogens is 355 g/mol. The van der Waals surface area contributed by atoms with Crippen LogP contribution in [0.25, 0.3) is 0 Å². The molecule has 2 nitrogen and oxygen atoms in total. The number of hydrogen-bond acceptors (Lipinski definition) is 2. The van der Waals surface area contributed by atoms with Crippen LogP contribution in [0.5, 0.6) is 0 Å². The normalized spacial score (nSPS) is 11.2. The van der Waals surface area contributed by atoms with Gasteiger partial charge in [0.05, 0.1) is 13.0 Å². The summed E-state index contributed by atoms with van der Waals surface area (Å²) in [7, 11) is 1.32. The molecule has 5 heteroatoms. The fraction of sp³-hybridized carbons (Fsp3) is 0.417. The monoisotopic (exact) mass is 368 g/mol. The molecule has 0 aliphatic rings. The van der Waals surface area contributed by atoms with Crippen LogP contribution in [0.4, 0.5) is 4.39 Å². The quantitative estimate of drug-likeness (QED) is 0.709. The highest BCUT2D eigenvalue weighted by Gasteiger charge is 2.21. The summed E-state index contributed by atoms with van der Waals surface area (Å²) in [6, 6.07) is 2.64. The molecule has 0 aromatic heterocycles. The molecule has 1 unspecified atom stereocenters. The molecule has 0 N–H and O–H groups in total. The predicted octanol–water partition coefficient (Wildman–Crippen LogP) is 4.65. The zero-order valence-corrected chi connectivity index (χ0v) is 13.4. The maximum Gasteiger partial charge on any atom is 0.312 e. The lowest BCUT2D eigenvalue weighted by Gasteiger charge is -2.13. The van der Waals surface area contributed by atoms with E-state index < -0.39 is 5.92 Å². The standard InChI is InChI=1S/C10H9Br2FO2.C2H6/c1-5(10(14)15-2)9-7(11)3-6(13)4-8(9)12;1-2/h3-5H,1-2H3;1-2H3. The van der Waals surface area contributed by atoms with E-state index in [9.17, 15) is 9.18 Å². The molecular formula is C12H15Br2FO2. The SMILES string of the molecule is CC.COC(=O)C(C)c1c(Br)cc(F)cc1Br. The second-order valence-electron chi connectivity index (χ2n) is 3.03. The van der Waals surface area contributed by atoms with E-state index in [0.717, 1.165) is 0 Å². The molecule has 1 aromatic carbocycles. The third-order valence-corrected chi connectivity index (χ3v) is 3.34. The Labute approximate surface area is 118 Å². The Bertz CT molecular complexity index is 371. The molecule has 0 aliphatic heterocycles. The molecule has 0 bridgehead atoms. The van der Waals surface area contributed by atoms with Gasteiger partial charge in [-0.3, -0.25) is 4.79 Å². The van der Waals surface area contributed by atoms with Gasteiger partial charge in [0, 0.05) is 8.95 Å². The van der Waals surface area contributed by atoms with Crippen LogP contribution in [-0.4, -0.2) is 13.1 Å². The second kappa shape index (κ2) is 7.82. The van der Waals surface area contributed by atoms with Gasteiger partial charge in [-0.25, -0.2) is 4.39 Å².